The Bertz CT molecular complexity index is 772. The summed E-state index contributed by atoms with van der Waals surface area (Å²) in [5.41, 5.74) is 1.60. The number of para-hydroxylation sites is 1. The largest absolute Gasteiger partial charge is 0.494 e. The number of rotatable bonds is 7. The highest BCUT2D eigenvalue weighted by atomic mass is 16.5. The molecule has 26 heavy (non-hydrogen) atoms. The van der Waals surface area contributed by atoms with Crippen molar-refractivity contribution < 1.29 is 24.2 Å². The van der Waals surface area contributed by atoms with Gasteiger partial charge in [-0.05, 0) is 43.2 Å². The van der Waals surface area contributed by atoms with E-state index >= 15 is 0 Å². The van der Waals surface area contributed by atoms with Crippen molar-refractivity contribution in [1.82, 2.24) is 0 Å². The van der Waals surface area contributed by atoms with Crippen molar-refractivity contribution in [1.29, 1.82) is 0 Å². The number of fused-ring (bicyclic) bond motifs is 1. The lowest BCUT2D eigenvalue weighted by molar-refractivity contribution is -0.137. The second-order valence-corrected chi connectivity index (χ2v) is 6.09. The Kier molecular flexibility index (Phi) is 5.73. The van der Waals surface area contributed by atoms with Crippen molar-refractivity contribution in [2.24, 2.45) is 0 Å². The van der Waals surface area contributed by atoms with E-state index in [9.17, 15) is 9.59 Å². The van der Waals surface area contributed by atoms with Crippen LogP contribution in [0, 0.1) is 0 Å². The SMILES string of the molecule is O=C(O)CCCOc1ccc(NC(=O)C2CCOc3ccccc32)cc1. The third kappa shape index (κ3) is 4.53. The predicted molar refractivity (Wildman–Crippen MR) is 96.7 cm³/mol. The van der Waals surface area contributed by atoms with Gasteiger partial charge in [0.2, 0.25) is 5.91 Å². The van der Waals surface area contributed by atoms with Gasteiger partial charge in [-0.3, -0.25) is 9.59 Å². The molecular weight excluding hydrogens is 334 g/mol. The van der Waals surface area contributed by atoms with Gasteiger partial charge in [-0.2, -0.15) is 0 Å². The van der Waals surface area contributed by atoms with Gasteiger partial charge < -0.3 is 19.9 Å². The van der Waals surface area contributed by atoms with Crippen LogP contribution in [0.5, 0.6) is 11.5 Å². The van der Waals surface area contributed by atoms with Gasteiger partial charge in [0, 0.05) is 17.7 Å². The molecule has 1 heterocycles. The lowest BCUT2D eigenvalue weighted by atomic mass is 9.92. The van der Waals surface area contributed by atoms with Crippen LogP contribution in [-0.4, -0.2) is 30.2 Å². The summed E-state index contributed by atoms with van der Waals surface area (Å²) >= 11 is 0. The summed E-state index contributed by atoms with van der Waals surface area (Å²) in [6.45, 7) is 0.870. The molecule has 0 spiro atoms. The molecule has 1 aliphatic rings. The number of anilines is 1. The number of carboxylic acids is 1. The van der Waals surface area contributed by atoms with Crippen LogP contribution in [0.1, 0.15) is 30.7 Å². The van der Waals surface area contributed by atoms with Gasteiger partial charge >= 0.3 is 5.97 Å². The third-order valence-corrected chi connectivity index (χ3v) is 4.20. The van der Waals surface area contributed by atoms with Crippen molar-refractivity contribution in [3.8, 4) is 11.5 Å². The van der Waals surface area contributed by atoms with E-state index in [0.717, 1.165) is 11.3 Å². The molecule has 0 saturated heterocycles. The lowest BCUT2D eigenvalue weighted by Gasteiger charge is -2.25. The van der Waals surface area contributed by atoms with Crippen molar-refractivity contribution in [3.63, 3.8) is 0 Å². The number of carbonyl (C=O) groups excluding carboxylic acids is 1. The molecule has 6 heteroatoms. The van der Waals surface area contributed by atoms with Crippen molar-refractivity contribution in [2.75, 3.05) is 18.5 Å². The van der Waals surface area contributed by atoms with Crippen LogP contribution in [0.25, 0.3) is 0 Å². The maximum atomic E-state index is 12.6. The Morgan fingerprint density at radius 3 is 2.69 bits per heavy atom. The first-order chi connectivity index (χ1) is 12.6. The van der Waals surface area contributed by atoms with E-state index in [1.807, 2.05) is 24.3 Å². The molecular formula is C20H21NO5. The molecule has 0 saturated carbocycles. The van der Waals surface area contributed by atoms with Crippen LogP contribution in [0.15, 0.2) is 48.5 Å². The van der Waals surface area contributed by atoms with E-state index < -0.39 is 5.97 Å². The summed E-state index contributed by atoms with van der Waals surface area (Å²) in [6, 6.07) is 14.7. The lowest BCUT2D eigenvalue weighted by Crippen LogP contribution is -2.26. The second kappa shape index (κ2) is 8.38. The summed E-state index contributed by atoms with van der Waals surface area (Å²) in [6.07, 6.45) is 1.19. The molecule has 0 fully saturated rings. The van der Waals surface area contributed by atoms with Crippen molar-refractivity contribution in [3.05, 3.63) is 54.1 Å². The summed E-state index contributed by atoms with van der Waals surface area (Å²) in [5, 5.41) is 11.5. The molecule has 6 nitrogen and oxygen atoms in total. The molecule has 1 aliphatic heterocycles. The van der Waals surface area contributed by atoms with Crippen LogP contribution in [0.2, 0.25) is 0 Å². The average molecular weight is 355 g/mol. The van der Waals surface area contributed by atoms with E-state index in [2.05, 4.69) is 5.32 Å². The Morgan fingerprint density at radius 1 is 1.15 bits per heavy atom. The molecule has 0 aromatic heterocycles. The fraction of sp³-hybridized carbons (Fsp3) is 0.300. The number of hydrogen-bond acceptors (Lipinski definition) is 4. The summed E-state index contributed by atoms with van der Waals surface area (Å²) in [7, 11) is 0. The van der Waals surface area contributed by atoms with Crippen molar-refractivity contribution in [2.45, 2.75) is 25.2 Å². The topological polar surface area (TPSA) is 84.9 Å². The van der Waals surface area contributed by atoms with Gasteiger partial charge in [0.1, 0.15) is 11.5 Å². The molecule has 0 bridgehead atoms. The van der Waals surface area contributed by atoms with E-state index in [1.54, 1.807) is 24.3 Å². The highest BCUT2D eigenvalue weighted by Crippen LogP contribution is 2.34. The van der Waals surface area contributed by atoms with E-state index in [4.69, 9.17) is 14.6 Å². The minimum atomic E-state index is -0.832. The van der Waals surface area contributed by atoms with Crippen LogP contribution in [-0.2, 0) is 9.59 Å². The quantitative estimate of drug-likeness (QED) is 0.743. The van der Waals surface area contributed by atoms with Gasteiger partial charge in [-0.25, -0.2) is 0 Å². The van der Waals surface area contributed by atoms with Gasteiger partial charge in [0.25, 0.3) is 0 Å². The number of amides is 1. The number of carbonyl (C=O) groups is 2. The number of benzene rings is 2. The minimum Gasteiger partial charge on any atom is -0.494 e. The highest BCUT2D eigenvalue weighted by molar-refractivity contribution is 5.96. The number of aliphatic carboxylic acids is 1. The van der Waals surface area contributed by atoms with Gasteiger partial charge in [-0.15, -0.1) is 0 Å². The van der Waals surface area contributed by atoms with Crippen LogP contribution in [0.3, 0.4) is 0 Å². The van der Waals surface area contributed by atoms with E-state index in [0.29, 0.717) is 37.5 Å². The first-order valence-electron chi connectivity index (χ1n) is 8.61. The first-order valence-corrected chi connectivity index (χ1v) is 8.61. The molecule has 2 aromatic carbocycles. The predicted octanol–water partition coefficient (Wildman–Crippen LogP) is 3.44. The summed E-state index contributed by atoms with van der Waals surface area (Å²) in [4.78, 5) is 23.1. The summed E-state index contributed by atoms with van der Waals surface area (Å²) < 4.78 is 11.1. The number of nitrogens with one attached hydrogen (secondary N) is 1. The zero-order chi connectivity index (χ0) is 18.4. The van der Waals surface area contributed by atoms with E-state index in [-0.39, 0.29) is 18.2 Å². The van der Waals surface area contributed by atoms with E-state index in [1.165, 1.54) is 0 Å². The minimum absolute atomic E-state index is 0.0594. The summed E-state index contributed by atoms with van der Waals surface area (Å²) in [5.74, 6) is 0.290. The molecule has 2 aromatic rings. The molecule has 2 N–H and O–H groups in total. The molecule has 1 atom stereocenters. The van der Waals surface area contributed by atoms with Gasteiger partial charge in [0.15, 0.2) is 0 Å². The van der Waals surface area contributed by atoms with Gasteiger partial charge in [0.05, 0.1) is 19.1 Å². The number of ether oxygens (including phenoxy) is 2. The fourth-order valence-corrected chi connectivity index (χ4v) is 2.89. The second-order valence-electron chi connectivity index (χ2n) is 6.09. The number of hydrogen-bond donors (Lipinski definition) is 2. The zero-order valence-electron chi connectivity index (χ0n) is 14.3. The van der Waals surface area contributed by atoms with Gasteiger partial charge in [-0.1, -0.05) is 18.2 Å². The average Bonchev–Trinajstić information content (AvgIpc) is 2.66. The molecule has 3 rings (SSSR count). The maximum Gasteiger partial charge on any atom is 0.303 e. The Balaban J connectivity index is 1.56. The van der Waals surface area contributed by atoms with Crippen LogP contribution < -0.4 is 14.8 Å². The zero-order valence-corrected chi connectivity index (χ0v) is 14.3. The Hall–Kier alpha value is -3.02. The molecule has 1 amide bonds. The molecule has 0 radical (unpaired) electrons. The van der Waals surface area contributed by atoms with Crippen LogP contribution >= 0.6 is 0 Å². The highest BCUT2D eigenvalue weighted by Gasteiger charge is 2.27. The monoisotopic (exact) mass is 355 g/mol. The number of carboxylic acid groups (broad SMARTS) is 1. The standard InChI is InChI=1S/C20H21NO5/c22-19(23)6-3-12-25-15-9-7-14(8-10-15)21-20(24)17-11-13-26-18-5-2-1-4-16(17)18/h1-2,4-5,7-10,17H,3,6,11-13H2,(H,21,24)(H,22,23). The first kappa shape index (κ1) is 17.8. The molecule has 0 aliphatic carbocycles. The third-order valence-electron chi connectivity index (χ3n) is 4.20. The van der Waals surface area contributed by atoms with Crippen molar-refractivity contribution >= 4 is 17.6 Å². The normalized spacial score (nSPS) is 15.5. The Labute approximate surface area is 151 Å². The molecule has 136 valence electrons. The van der Waals surface area contributed by atoms with Crippen LogP contribution in [0.4, 0.5) is 5.69 Å². The Morgan fingerprint density at radius 2 is 1.92 bits per heavy atom. The maximum absolute atomic E-state index is 12.6. The molecule has 1 unspecified atom stereocenters. The smallest absolute Gasteiger partial charge is 0.303 e. The fourth-order valence-electron chi connectivity index (χ4n) is 2.89.